The molecular weight excluding hydrogens is 298 g/mol. The summed E-state index contributed by atoms with van der Waals surface area (Å²) in [6.45, 7) is 4.74. The Bertz CT molecular complexity index is 641. The molecule has 1 aromatic carbocycles. The number of benzene rings is 1. The van der Waals surface area contributed by atoms with Crippen molar-refractivity contribution < 1.29 is 4.79 Å². The summed E-state index contributed by atoms with van der Waals surface area (Å²) in [7, 11) is 0. The molecule has 4 nitrogen and oxygen atoms in total. The Kier molecular flexibility index (Phi) is 5.98. The van der Waals surface area contributed by atoms with E-state index in [4.69, 9.17) is 11.6 Å². The van der Waals surface area contributed by atoms with Gasteiger partial charge < -0.3 is 10.6 Å². The van der Waals surface area contributed by atoms with Gasteiger partial charge in [-0.25, -0.2) is 4.98 Å². The van der Waals surface area contributed by atoms with Crippen molar-refractivity contribution in [3.05, 3.63) is 71.4 Å². The van der Waals surface area contributed by atoms with E-state index in [1.807, 2.05) is 24.3 Å². The van der Waals surface area contributed by atoms with Gasteiger partial charge in [-0.3, -0.25) is 4.79 Å². The van der Waals surface area contributed by atoms with Crippen LogP contribution in [0.15, 0.2) is 55.3 Å². The van der Waals surface area contributed by atoms with Crippen LogP contribution >= 0.6 is 11.6 Å². The maximum atomic E-state index is 11.9. The minimum absolute atomic E-state index is 0.136. The standard InChI is InChI=1S/C17H18ClN3O/c1-2-9-21-17(22)14-8-11-20-16(12-14)19-10-7-13-3-5-15(18)6-4-13/h2-6,8,11-12H,1,7,9-10H2,(H,19,20)(H,21,22). The normalized spacial score (nSPS) is 10.0. The molecule has 1 aromatic heterocycles. The quantitative estimate of drug-likeness (QED) is 0.771. The average molecular weight is 316 g/mol. The molecule has 0 saturated heterocycles. The largest absolute Gasteiger partial charge is 0.370 e. The van der Waals surface area contributed by atoms with Crippen molar-refractivity contribution in [2.24, 2.45) is 0 Å². The number of halogens is 1. The Labute approximate surface area is 135 Å². The molecule has 1 heterocycles. The minimum Gasteiger partial charge on any atom is -0.370 e. The lowest BCUT2D eigenvalue weighted by Gasteiger charge is -2.08. The number of carbonyl (C=O) groups excluding carboxylic acids is 1. The van der Waals surface area contributed by atoms with Gasteiger partial charge in [0, 0.05) is 29.9 Å². The predicted molar refractivity (Wildman–Crippen MR) is 90.4 cm³/mol. The lowest BCUT2D eigenvalue weighted by molar-refractivity contribution is 0.0958. The second-order valence-corrected chi connectivity index (χ2v) is 5.17. The second kappa shape index (κ2) is 8.20. The number of nitrogens with zero attached hydrogens (tertiary/aromatic N) is 1. The smallest absolute Gasteiger partial charge is 0.251 e. The van der Waals surface area contributed by atoms with E-state index in [1.54, 1.807) is 24.4 Å². The highest BCUT2D eigenvalue weighted by molar-refractivity contribution is 6.30. The van der Waals surface area contributed by atoms with E-state index < -0.39 is 0 Å². The average Bonchev–Trinajstić information content (AvgIpc) is 2.55. The molecule has 1 amide bonds. The maximum absolute atomic E-state index is 11.9. The summed E-state index contributed by atoms with van der Waals surface area (Å²) in [5.41, 5.74) is 1.77. The molecule has 0 atom stereocenters. The maximum Gasteiger partial charge on any atom is 0.251 e. The molecule has 0 aliphatic rings. The number of hydrogen-bond donors (Lipinski definition) is 2. The topological polar surface area (TPSA) is 54.0 Å². The van der Waals surface area contributed by atoms with Crippen LogP contribution in [-0.4, -0.2) is 24.0 Å². The molecule has 0 saturated carbocycles. The number of carbonyl (C=O) groups is 1. The van der Waals surface area contributed by atoms with Crippen LogP contribution in [0.2, 0.25) is 5.02 Å². The van der Waals surface area contributed by atoms with E-state index in [2.05, 4.69) is 22.2 Å². The van der Waals surface area contributed by atoms with E-state index >= 15 is 0 Å². The lowest BCUT2D eigenvalue weighted by Crippen LogP contribution is -2.23. The fraction of sp³-hybridized carbons (Fsp3) is 0.176. The van der Waals surface area contributed by atoms with Crippen molar-refractivity contribution in [1.29, 1.82) is 0 Å². The highest BCUT2D eigenvalue weighted by Crippen LogP contribution is 2.11. The number of nitrogens with one attached hydrogen (secondary N) is 2. The molecule has 2 N–H and O–H groups in total. The molecule has 0 spiro atoms. The van der Waals surface area contributed by atoms with E-state index in [0.717, 1.165) is 18.0 Å². The van der Waals surface area contributed by atoms with Gasteiger partial charge in [-0.2, -0.15) is 0 Å². The van der Waals surface area contributed by atoms with Crippen LogP contribution in [0.3, 0.4) is 0 Å². The van der Waals surface area contributed by atoms with Gasteiger partial charge in [-0.1, -0.05) is 29.8 Å². The number of pyridine rings is 1. The third-order valence-electron chi connectivity index (χ3n) is 3.06. The van der Waals surface area contributed by atoms with Gasteiger partial charge >= 0.3 is 0 Å². The third-order valence-corrected chi connectivity index (χ3v) is 3.31. The molecule has 0 bridgehead atoms. The number of aromatic nitrogens is 1. The van der Waals surface area contributed by atoms with Crippen LogP contribution < -0.4 is 10.6 Å². The Balaban J connectivity index is 1.88. The summed E-state index contributed by atoms with van der Waals surface area (Å²) in [5.74, 6) is 0.545. The highest BCUT2D eigenvalue weighted by Gasteiger charge is 2.05. The van der Waals surface area contributed by atoms with Crippen LogP contribution in [0.4, 0.5) is 5.82 Å². The van der Waals surface area contributed by atoms with Crippen LogP contribution in [0.1, 0.15) is 15.9 Å². The second-order valence-electron chi connectivity index (χ2n) is 4.73. The monoisotopic (exact) mass is 315 g/mol. The molecule has 0 radical (unpaired) electrons. The van der Waals surface area contributed by atoms with E-state index in [9.17, 15) is 4.79 Å². The molecule has 22 heavy (non-hydrogen) atoms. The number of rotatable bonds is 7. The number of anilines is 1. The first-order chi connectivity index (χ1) is 10.7. The zero-order chi connectivity index (χ0) is 15.8. The summed E-state index contributed by atoms with van der Waals surface area (Å²) in [6.07, 6.45) is 4.11. The summed E-state index contributed by atoms with van der Waals surface area (Å²) in [6, 6.07) is 11.2. The highest BCUT2D eigenvalue weighted by atomic mass is 35.5. The van der Waals surface area contributed by atoms with Crippen molar-refractivity contribution >= 4 is 23.3 Å². The van der Waals surface area contributed by atoms with Gasteiger partial charge in [-0.15, -0.1) is 6.58 Å². The fourth-order valence-corrected chi connectivity index (χ4v) is 2.05. The van der Waals surface area contributed by atoms with Crippen LogP contribution in [0.25, 0.3) is 0 Å². The molecule has 0 aliphatic carbocycles. The molecular formula is C17H18ClN3O. The van der Waals surface area contributed by atoms with Crippen molar-refractivity contribution in [1.82, 2.24) is 10.3 Å². The molecule has 2 aromatic rings. The Hall–Kier alpha value is -2.33. The summed E-state index contributed by atoms with van der Waals surface area (Å²) < 4.78 is 0. The Morgan fingerprint density at radius 1 is 1.27 bits per heavy atom. The zero-order valence-corrected chi connectivity index (χ0v) is 12.9. The van der Waals surface area contributed by atoms with Crippen molar-refractivity contribution in [3.8, 4) is 0 Å². The summed E-state index contributed by atoms with van der Waals surface area (Å²) in [4.78, 5) is 16.1. The van der Waals surface area contributed by atoms with Crippen molar-refractivity contribution in [2.45, 2.75) is 6.42 Å². The lowest BCUT2D eigenvalue weighted by atomic mass is 10.1. The summed E-state index contributed by atoms with van der Waals surface area (Å²) >= 11 is 5.86. The van der Waals surface area contributed by atoms with E-state index in [1.165, 1.54) is 5.56 Å². The van der Waals surface area contributed by atoms with Crippen LogP contribution in [-0.2, 0) is 6.42 Å². The number of amides is 1. The van der Waals surface area contributed by atoms with E-state index in [-0.39, 0.29) is 5.91 Å². The zero-order valence-electron chi connectivity index (χ0n) is 12.2. The SMILES string of the molecule is C=CCNC(=O)c1ccnc(NCCc2ccc(Cl)cc2)c1. The number of hydrogen-bond acceptors (Lipinski definition) is 3. The third kappa shape index (κ3) is 4.90. The minimum atomic E-state index is -0.136. The first kappa shape index (κ1) is 16.0. The molecule has 0 aliphatic heterocycles. The molecule has 0 fully saturated rings. The molecule has 0 unspecified atom stereocenters. The van der Waals surface area contributed by atoms with E-state index in [0.29, 0.717) is 17.9 Å². The molecule has 5 heteroatoms. The van der Waals surface area contributed by atoms with Crippen molar-refractivity contribution in [3.63, 3.8) is 0 Å². The fourth-order valence-electron chi connectivity index (χ4n) is 1.92. The van der Waals surface area contributed by atoms with Gasteiger partial charge in [-0.05, 0) is 36.2 Å². The Morgan fingerprint density at radius 2 is 2.05 bits per heavy atom. The molecule has 114 valence electrons. The molecule has 2 rings (SSSR count). The van der Waals surface area contributed by atoms with Gasteiger partial charge in [0.15, 0.2) is 0 Å². The summed E-state index contributed by atoms with van der Waals surface area (Å²) in [5, 5.41) is 6.69. The van der Waals surface area contributed by atoms with Gasteiger partial charge in [0.1, 0.15) is 5.82 Å². The first-order valence-electron chi connectivity index (χ1n) is 7.02. The Morgan fingerprint density at radius 3 is 2.77 bits per heavy atom. The van der Waals surface area contributed by atoms with Crippen LogP contribution in [0, 0.1) is 0 Å². The predicted octanol–water partition coefficient (Wildman–Crippen LogP) is 3.31. The van der Waals surface area contributed by atoms with Crippen molar-refractivity contribution in [2.75, 3.05) is 18.4 Å². The van der Waals surface area contributed by atoms with Gasteiger partial charge in [0.25, 0.3) is 5.91 Å². The van der Waals surface area contributed by atoms with Gasteiger partial charge in [0.05, 0.1) is 0 Å². The van der Waals surface area contributed by atoms with Crippen LogP contribution in [0.5, 0.6) is 0 Å². The first-order valence-corrected chi connectivity index (χ1v) is 7.40. The van der Waals surface area contributed by atoms with Gasteiger partial charge in [0.2, 0.25) is 0 Å².